The summed E-state index contributed by atoms with van der Waals surface area (Å²) in [7, 11) is 0. The Kier molecular flexibility index (Phi) is 5.99. The van der Waals surface area contributed by atoms with Crippen LogP contribution in [0.2, 0.25) is 0 Å². The first kappa shape index (κ1) is 18.6. The number of ether oxygens (including phenoxy) is 1. The van der Waals surface area contributed by atoms with Gasteiger partial charge in [-0.2, -0.15) is 0 Å². The first-order valence-corrected chi connectivity index (χ1v) is 7.44. The number of nitro groups is 1. The van der Waals surface area contributed by atoms with Crippen LogP contribution in [0.4, 0.5) is 17.1 Å². The molecule has 9 nitrogen and oxygen atoms in total. The monoisotopic (exact) mass is 357 g/mol. The molecule has 134 valence electrons. The smallest absolute Gasteiger partial charge is 0.338 e. The largest absolute Gasteiger partial charge is 0.452 e. The molecule has 0 heterocycles. The zero-order valence-electron chi connectivity index (χ0n) is 13.7. The molecule has 9 heteroatoms. The van der Waals surface area contributed by atoms with Crippen molar-refractivity contribution in [3.05, 3.63) is 64.2 Å². The summed E-state index contributed by atoms with van der Waals surface area (Å²) in [6.07, 6.45) is 0. The summed E-state index contributed by atoms with van der Waals surface area (Å²) in [5.41, 5.74) is 0.875. The van der Waals surface area contributed by atoms with Crippen LogP contribution in [0.3, 0.4) is 0 Å². The van der Waals surface area contributed by atoms with Crippen LogP contribution < -0.4 is 10.6 Å². The van der Waals surface area contributed by atoms with Crippen LogP contribution in [0.1, 0.15) is 17.3 Å². The minimum Gasteiger partial charge on any atom is -0.452 e. The van der Waals surface area contributed by atoms with E-state index in [1.807, 2.05) is 0 Å². The lowest BCUT2D eigenvalue weighted by Gasteiger charge is -2.08. The summed E-state index contributed by atoms with van der Waals surface area (Å²) >= 11 is 0. The topological polar surface area (TPSA) is 128 Å². The number of benzene rings is 2. The van der Waals surface area contributed by atoms with Gasteiger partial charge in [0, 0.05) is 30.4 Å². The van der Waals surface area contributed by atoms with E-state index in [9.17, 15) is 24.5 Å². The van der Waals surface area contributed by atoms with Crippen molar-refractivity contribution >= 4 is 34.8 Å². The standard InChI is InChI=1S/C17H15N3O6/c1-11(21)18-13-3-2-4-14(9-13)19-16(22)10-26-17(23)12-5-7-15(8-6-12)20(24)25/h2-9H,10H2,1H3,(H,18,21)(H,19,22). The van der Waals surface area contributed by atoms with Crippen molar-refractivity contribution < 1.29 is 24.0 Å². The van der Waals surface area contributed by atoms with Crippen molar-refractivity contribution in [2.24, 2.45) is 0 Å². The lowest BCUT2D eigenvalue weighted by Crippen LogP contribution is -2.21. The average Bonchev–Trinajstić information content (AvgIpc) is 2.59. The van der Waals surface area contributed by atoms with Gasteiger partial charge in [0.25, 0.3) is 11.6 Å². The van der Waals surface area contributed by atoms with Crippen molar-refractivity contribution in [1.82, 2.24) is 0 Å². The van der Waals surface area contributed by atoms with Gasteiger partial charge in [0.2, 0.25) is 5.91 Å². The molecule has 0 unspecified atom stereocenters. The van der Waals surface area contributed by atoms with Crippen molar-refractivity contribution in [2.75, 3.05) is 17.2 Å². The van der Waals surface area contributed by atoms with Crippen molar-refractivity contribution in [2.45, 2.75) is 6.92 Å². The average molecular weight is 357 g/mol. The molecule has 0 aliphatic heterocycles. The van der Waals surface area contributed by atoms with Crippen LogP contribution >= 0.6 is 0 Å². The van der Waals surface area contributed by atoms with Crippen LogP contribution in [0.25, 0.3) is 0 Å². The molecular weight excluding hydrogens is 342 g/mol. The van der Waals surface area contributed by atoms with Crippen LogP contribution in [-0.2, 0) is 14.3 Å². The van der Waals surface area contributed by atoms with E-state index in [2.05, 4.69) is 10.6 Å². The van der Waals surface area contributed by atoms with Crippen LogP contribution in [-0.4, -0.2) is 29.3 Å². The number of rotatable bonds is 6. The van der Waals surface area contributed by atoms with E-state index in [1.165, 1.54) is 31.2 Å². The molecular formula is C17H15N3O6. The fourth-order valence-corrected chi connectivity index (χ4v) is 2.01. The summed E-state index contributed by atoms with van der Waals surface area (Å²) in [6, 6.07) is 11.3. The normalized spacial score (nSPS) is 9.88. The lowest BCUT2D eigenvalue weighted by molar-refractivity contribution is -0.384. The third-order valence-corrected chi connectivity index (χ3v) is 3.11. The number of nitrogens with one attached hydrogen (secondary N) is 2. The molecule has 0 saturated carbocycles. The van der Waals surface area contributed by atoms with Crippen LogP contribution in [0.5, 0.6) is 0 Å². The van der Waals surface area contributed by atoms with E-state index >= 15 is 0 Å². The highest BCUT2D eigenvalue weighted by molar-refractivity contribution is 5.96. The highest BCUT2D eigenvalue weighted by Gasteiger charge is 2.12. The Morgan fingerprint density at radius 3 is 2.23 bits per heavy atom. The van der Waals surface area contributed by atoms with Gasteiger partial charge in [-0.25, -0.2) is 4.79 Å². The van der Waals surface area contributed by atoms with Crippen LogP contribution in [0, 0.1) is 10.1 Å². The molecule has 0 fully saturated rings. The number of anilines is 2. The number of nitrogens with zero attached hydrogens (tertiary/aromatic N) is 1. The molecule has 0 atom stereocenters. The molecule has 0 bridgehead atoms. The molecule has 0 saturated heterocycles. The van der Waals surface area contributed by atoms with Crippen molar-refractivity contribution in [3.8, 4) is 0 Å². The highest BCUT2D eigenvalue weighted by Crippen LogP contribution is 2.15. The molecule has 0 radical (unpaired) electrons. The van der Waals surface area contributed by atoms with Gasteiger partial charge in [0.05, 0.1) is 10.5 Å². The molecule has 2 N–H and O–H groups in total. The van der Waals surface area contributed by atoms with Gasteiger partial charge >= 0.3 is 5.97 Å². The Hall–Kier alpha value is -3.75. The second kappa shape index (κ2) is 8.38. The lowest BCUT2D eigenvalue weighted by atomic mass is 10.2. The van der Waals surface area contributed by atoms with E-state index in [4.69, 9.17) is 4.74 Å². The molecule has 0 aromatic heterocycles. The fourth-order valence-electron chi connectivity index (χ4n) is 2.01. The maximum atomic E-state index is 11.9. The summed E-state index contributed by atoms with van der Waals surface area (Å²) in [5, 5.41) is 15.7. The predicted octanol–water partition coefficient (Wildman–Crippen LogP) is 2.35. The van der Waals surface area contributed by atoms with E-state index in [0.717, 1.165) is 0 Å². The maximum absolute atomic E-state index is 11.9. The summed E-state index contributed by atoms with van der Waals surface area (Å²) in [5.74, 6) is -1.59. The SMILES string of the molecule is CC(=O)Nc1cccc(NC(=O)COC(=O)c2ccc([N+](=O)[O-])cc2)c1. The zero-order chi connectivity index (χ0) is 19.1. The predicted molar refractivity (Wildman–Crippen MR) is 92.8 cm³/mol. The minimum atomic E-state index is -0.776. The van der Waals surface area contributed by atoms with Gasteiger partial charge < -0.3 is 15.4 Å². The number of non-ortho nitro benzene ring substituents is 1. The molecule has 26 heavy (non-hydrogen) atoms. The first-order valence-electron chi connectivity index (χ1n) is 7.44. The molecule has 2 aromatic carbocycles. The third kappa shape index (κ3) is 5.41. The molecule has 2 aromatic rings. The quantitative estimate of drug-likeness (QED) is 0.464. The number of amides is 2. The third-order valence-electron chi connectivity index (χ3n) is 3.11. The zero-order valence-corrected chi connectivity index (χ0v) is 13.7. The Morgan fingerprint density at radius 1 is 1.04 bits per heavy atom. The van der Waals surface area contributed by atoms with E-state index < -0.39 is 23.4 Å². The Bertz CT molecular complexity index is 848. The van der Waals surface area contributed by atoms with Gasteiger partial charge in [-0.15, -0.1) is 0 Å². The van der Waals surface area contributed by atoms with Crippen molar-refractivity contribution in [3.63, 3.8) is 0 Å². The van der Waals surface area contributed by atoms with E-state index in [1.54, 1.807) is 24.3 Å². The van der Waals surface area contributed by atoms with E-state index in [-0.39, 0.29) is 17.2 Å². The van der Waals surface area contributed by atoms with Crippen LogP contribution in [0.15, 0.2) is 48.5 Å². The summed E-state index contributed by atoms with van der Waals surface area (Å²) < 4.78 is 4.87. The molecule has 0 aliphatic rings. The highest BCUT2D eigenvalue weighted by atomic mass is 16.6. The first-order chi connectivity index (χ1) is 12.3. The van der Waals surface area contributed by atoms with E-state index in [0.29, 0.717) is 11.4 Å². The number of carbonyl (C=O) groups excluding carboxylic acids is 3. The van der Waals surface area contributed by atoms with Gasteiger partial charge in [0.15, 0.2) is 6.61 Å². The second-order valence-corrected chi connectivity index (χ2v) is 5.19. The van der Waals surface area contributed by atoms with Gasteiger partial charge in [-0.1, -0.05) is 6.07 Å². The fraction of sp³-hybridized carbons (Fsp3) is 0.118. The maximum Gasteiger partial charge on any atom is 0.338 e. The minimum absolute atomic E-state index is 0.0936. The number of carbonyl (C=O) groups is 3. The number of hydrogen-bond donors (Lipinski definition) is 2. The Balaban J connectivity index is 1.89. The van der Waals surface area contributed by atoms with Gasteiger partial charge in [0.1, 0.15) is 0 Å². The molecule has 0 spiro atoms. The molecule has 2 amide bonds. The number of hydrogen-bond acceptors (Lipinski definition) is 6. The summed E-state index contributed by atoms with van der Waals surface area (Å²) in [6.45, 7) is 0.836. The molecule has 0 aliphatic carbocycles. The number of esters is 1. The Labute approximate surface area is 148 Å². The summed E-state index contributed by atoms with van der Waals surface area (Å²) in [4.78, 5) is 44.7. The molecule has 2 rings (SSSR count). The van der Waals surface area contributed by atoms with Gasteiger partial charge in [-0.05, 0) is 30.3 Å². The number of nitro benzene ring substituents is 1. The Morgan fingerprint density at radius 2 is 1.65 bits per heavy atom. The van der Waals surface area contributed by atoms with Crippen molar-refractivity contribution in [1.29, 1.82) is 0 Å². The second-order valence-electron chi connectivity index (χ2n) is 5.19. The van der Waals surface area contributed by atoms with Gasteiger partial charge in [-0.3, -0.25) is 19.7 Å².